The summed E-state index contributed by atoms with van der Waals surface area (Å²) in [6.45, 7) is 2.50. The number of sulfonamides is 1. The molecule has 0 bridgehead atoms. The summed E-state index contributed by atoms with van der Waals surface area (Å²) in [4.78, 5) is 20.3. The van der Waals surface area contributed by atoms with Crippen molar-refractivity contribution in [3.63, 3.8) is 0 Å². The molecule has 9 heteroatoms. The summed E-state index contributed by atoms with van der Waals surface area (Å²) in [7, 11) is -2.20. The van der Waals surface area contributed by atoms with Crippen molar-refractivity contribution in [2.45, 2.75) is 24.9 Å². The first-order valence-electron chi connectivity index (χ1n) is 12.3. The molecule has 0 aliphatic heterocycles. The number of carbonyl (C=O) groups excluding carboxylic acids is 1. The number of amides is 1. The number of aromatic nitrogens is 1. The van der Waals surface area contributed by atoms with Crippen molar-refractivity contribution in [3.05, 3.63) is 124 Å². The molecule has 198 valence electrons. The van der Waals surface area contributed by atoms with Crippen molar-refractivity contribution in [2.24, 2.45) is 0 Å². The Balaban J connectivity index is 1.45. The van der Waals surface area contributed by atoms with Gasteiger partial charge in [0.05, 0.1) is 21.7 Å². The van der Waals surface area contributed by atoms with E-state index in [2.05, 4.69) is 0 Å². The van der Waals surface area contributed by atoms with Gasteiger partial charge in [0.2, 0.25) is 10.0 Å². The summed E-state index contributed by atoms with van der Waals surface area (Å²) < 4.78 is 28.6. The Labute approximate surface area is 237 Å². The Bertz CT molecular complexity index is 1720. The van der Waals surface area contributed by atoms with Gasteiger partial charge in [-0.2, -0.15) is 4.31 Å². The van der Waals surface area contributed by atoms with E-state index in [9.17, 15) is 13.2 Å². The third-order valence-electron chi connectivity index (χ3n) is 6.36. The fraction of sp³-hybridized carbons (Fsp3) is 0.133. The molecule has 0 radical (unpaired) electrons. The van der Waals surface area contributed by atoms with Gasteiger partial charge in [-0.05, 0) is 60.0 Å². The van der Waals surface area contributed by atoms with Crippen LogP contribution in [0, 0.1) is 6.92 Å². The van der Waals surface area contributed by atoms with Gasteiger partial charge < -0.3 is 0 Å². The van der Waals surface area contributed by atoms with E-state index >= 15 is 0 Å². The maximum Gasteiger partial charge on any atom is 0.260 e. The van der Waals surface area contributed by atoms with Gasteiger partial charge in [-0.25, -0.2) is 13.4 Å². The van der Waals surface area contributed by atoms with Gasteiger partial charge in [0, 0.05) is 24.2 Å². The highest BCUT2D eigenvalue weighted by atomic mass is 35.5. The summed E-state index contributed by atoms with van der Waals surface area (Å²) >= 11 is 7.66. The molecule has 0 saturated heterocycles. The standard InChI is InChI=1S/C30H26ClN3O3S2/c1-21-17-25(31)18-27-28(21)32-30(38-27)34(20-23-11-7-4-8-12-23)29(35)24-13-15-26(16-14-24)39(36,37)33(2)19-22-9-5-3-6-10-22/h3-18H,19-20H2,1-2H3. The second-order valence-electron chi connectivity index (χ2n) is 9.21. The summed E-state index contributed by atoms with van der Waals surface area (Å²) in [6.07, 6.45) is 0. The number of carbonyl (C=O) groups is 1. The molecule has 1 amide bonds. The third kappa shape index (κ3) is 5.89. The number of aryl methyl sites for hydroxylation is 1. The zero-order valence-electron chi connectivity index (χ0n) is 21.4. The second kappa shape index (κ2) is 11.3. The van der Waals surface area contributed by atoms with Gasteiger partial charge in [-0.15, -0.1) is 0 Å². The molecular formula is C30H26ClN3O3S2. The van der Waals surface area contributed by atoms with E-state index in [4.69, 9.17) is 16.6 Å². The molecule has 6 nitrogen and oxygen atoms in total. The van der Waals surface area contributed by atoms with Gasteiger partial charge >= 0.3 is 0 Å². The maximum absolute atomic E-state index is 13.8. The molecule has 0 spiro atoms. The first-order chi connectivity index (χ1) is 18.7. The second-order valence-corrected chi connectivity index (χ2v) is 12.7. The number of nitrogens with zero attached hydrogens (tertiary/aromatic N) is 3. The number of benzene rings is 4. The van der Waals surface area contributed by atoms with Crippen LogP contribution in [0.1, 0.15) is 27.0 Å². The topological polar surface area (TPSA) is 70.6 Å². The Morgan fingerprint density at radius 1 is 0.872 bits per heavy atom. The van der Waals surface area contributed by atoms with E-state index in [1.807, 2.05) is 79.7 Å². The van der Waals surface area contributed by atoms with Crippen LogP contribution in [-0.2, 0) is 23.1 Å². The highest BCUT2D eigenvalue weighted by Gasteiger charge is 2.25. The largest absolute Gasteiger partial charge is 0.279 e. The van der Waals surface area contributed by atoms with E-state index in [-0.39, 0.29) is 17.3 Å². The van der Waals surface area contributed by atoms with Crippen molar-refractivity contribution in [1.82, 2.24) is 9.29 Å². The summed E-state index contributed by atoms with van der Waals surface area (Å²) in [5.41, 5.74) is 3.93. The fourth-order valence-corrected chi connectivity index (χ4v) is 6.86. The number of anilines is 1. The first-order valence-corrected chi connectivity index (χ1v) is 14.9. The van der Waals surface area contributed by atoms with E-state index in [1.54, 1.807) is 24.1 Å². The van der Waals surface area contributed by atoms with Crippen LogP contribution in [0.5, 0.6) is 0 Å². The van der Waals surface area contributed by atoms with Crippen LogP contribution in [0.15, 0.2) is 102 Å². The number of hydrogen-bond donors (Lipinski definition) is 0. The Morgan fingerprint density at radius 3 is 2.08 bits per heavy atom. The van der Waals surface area contributed by atoms with Gasteiger partial charge in [0.15, 0.2) is 5.13 Å². The SMILES string of the molecule is Cc1cc(Cl)cc2sc(N(Cc3ccccc3)C(=O)c3ccc(S(=O)(=O)N(C)Cc4ccccc4)cc3)nc12. The molecule has 1 aromatic heterocycles. The molecular weight excluding hydrogens is 550 g/mol. The lowest BCUT2D eigenvalue weighted by Crippen LogP contribution is -2.30. The van der Waals surface area contributed by atoms with Crippen LogP contribution >= 0.6 is 22.9 Å². The van der Waals surface area contributed by atoms with Crippen LogP contribution in [0.25, 0.3) is 10.2 Å². The lowest BCUT2D eigenvalue weighted by Gasteiger charge is -2.21. The van der Waals surface area contributed by atoms with Crippen LogP contribution in [-0.4, -0.2) is 30.7 Å². The van der Waals surface area contributed by atoms with E-state index in [1.165, 1.54) is 27.8 Å². The fourth-order valence-electron chi connectivity index (χ4n) is 4.28. The lowest BCUT2D eigenvalue weighted by molar-refractivity contribution is 0.0985. The molecule has 0 aliphatic carbocycles. The van der Waals surface area contributed by atoms with E-state index < -0.39 is 10.0 Å². The minimum absolute atomic E-state index is 0.123. The van der Waals surface area contributed by atoms with Gasteiger partial charge in [-0.1, -0.05) is 83.6 Å². The predicted molar refractivity (Wildman–Crippen MR) is 158 cm³/mol. The predicted octanol–water partition coefficient (Wildman–Crippen LogP) is 6.93. The zero-order chi connectivity index (χ0) is 27.6. The number of rotatable bonds is 8. The Morgan fingerprint density at radius 2 is 1.46 bits per heavy atom. The number of halogens is 1. The molecule has 0 fully saturated rings. The molecule has 39 heavy (non-hydrogen) atoms. The Kier molecular flexibility index (Phi) is 7.81. The zero-order valence-corrected chi connectivity index (χ0v) is 23.8. The maximum atomic E-state index is 13.8. The highest BCUT2D eigenvalue weighted by Crippen LogP contribution is 2.34. The normalized spacial score (nSPS) is 11.7. The molecule has 1 heterocycles. The molecule has 0 N–H and O–H groups in total. The Hall–Kier alpha value is -3.56. The lowest BCUT2D eigenvalue weighted by atomic mass is 10.1. The summed E-state index contributed by atoms with van der Waals surface area (Å²) in [5.74, 6) is -0.275. The first kappa shape index (κ1) is 27.0. The van der Waals surface area contributed by atoms with Crippen LogP contribution in [0.4, 0.5) is 5.13 Å². The summed E-state index contributed by atoms with van der Waals surface area (Å²) in [6, 6.07) is 28.8. The van der Waals surface area contributed by atoms with E-state index in [0.29, 0.717) is 22.3 Å². The van der Waals surface area contributed by atoms with Crippen LogP contribution in [0.3, 0.4) is 0 Å². The monoisotopic (exact) mass is 575 g/mol. The number of fused-ring (bicyclic) bond motifs is 1. The molecule has 0 saturated carbocycles. The highest BCUT2D eigenvalue weighted by molar-refractivity contribution is 7.89. The smallest absolute Gasteiger partial charge is 0.260 e. The van der Waals surface area contributed by atoms with Gasteiger partial charge in [-0.3, -0.25) is 9.69 Å². The summed E-state index contributed by atoms with van der Waals surface area (Å²) in [5, 5.41) is 1.16. The number of hydrogen-bond acceptors (Lipinski definition) is 5. The molecule has 0 aliphatic rings. The van der Waals surface area contributed by atoms with Crippen molar-refractivity contribution in [2.75, 3.05) is 11.9 Å². The van der Waals surface area contributed by atoms with Crippen molar-refractivity contribution in [1.29, 1.82) is 0 Å². The van der Waals surface area contributed by atoms with Gasteiger partial charge in [0.25, 0.3) is 5.91 Å². The number of thiazole rings is 1. The van der Waals surface area contributed by atoms with Crippen LogP contribution < -0.4 is 4.90 Å². The minimum Gasteiger partial charge on any atom is -0.279 e. The van der Waals surface area contributed by atoms with Crippen molar-refractivity contribution in [3.8, 4) is 0 Å². The average molecular weight is 576 g/mol. The molecule has 0 unspecified atom stereocenters. The average Bonchev–Trinajstić information content (AvgIpc) is 3.36. The molecule has 5 aromatic rings. The minimum atomic E-state index is -3.74. The van der Waals surface area contributed by atoms with Crippen molar-refractivity contribution < 1.29 is 13.2 Å². The van der Waals surface area contributed by atoms with Crippen molar-refractivity contribution >= 4 is 54.2 Å². The molecule has 4 aromatic carbocycles. The molecule has 0 atom stereocenters. The van der Waals surface area contributed by atoms with Gasteiger partial charge in [0.1, 0.15) is 0 Å². The van der Waals surface area contributed by atoms with E-state index in [0.717, 1.165) is 26.9 Å². The van der Waals surface area contributed by atoms with Crippen LogP contribution in [0.2, 0.25) is 5.02 Å². The third-order valence-corrected chi connectivity index (χ3v) is 9.42. The quantitative estimate of drug-likeness (QED) is 0.201. The molecule has 5 rings (SSSR count).